The zero-order chi connectivity index (χ0) is 18.4. The van der Waals surface area contributed by atoms with Gasteiger partial charge in [-0.2, -0.15) is 0 Å². The van der Waals surface area contributed by atoms with Crippen molar-refractivity contribution in [1.82, 2.24) is 4.90 Å². The summed E-state index contributed by atoms with van der Waals surface area (Å²) in [6, 6.07) is 14.2. The van der Waals surface area contributed by atoms with Gasteiger partial charge >= 0.3 is 5.97 Å². The Morgan fingerprint density at radius 1 is 1.04 bits per heavy atom. The number of hydrogen-bond donors (Lipinski definition) is 0. The van der Waals surface area contributed by atoms with Crippen LogP contribution < -0.4 is 4.74 Å². The van der Waals surface area contributed by atoms with Crippen LogP contribution in [0, 0.1) is 0 Å². The van der Waals surface area contributed by atoms with Crippen LogP contribution in [-0.4, -0.2) is 50.2 Å². The van der Waals surface area contributed by atoms with E-state index >= 15 is 0 Å². The fourth-order valence-electron chi connectivity index (χ4n) is 2.72. The number of carbonyl (C=O) groups is 2. The molecule has 26 heavy (non-hydrogen) atoms. The van der Waals surface area contributed by atoms with Gasteiger partial charge in [0.2, 0.25) is 0 Å². The normalized spacial score (nSPS) is 14.0. The molecular formula is C20H21NO5. The lowest BCUT2D eigenvalue weighted by molar-refractivity contribution is 0.0300. The van der Waals surface area contributed by atoms with Crippen LogP contribution in [0.25, 0.3) is 0 Å². The second-order valence-corrected chi connectivity index (χ2v) is 5.88. The van der Waals surface area contributed by atoms with E-state index in [9.17, 15) is 9.59 Å². The minimum absolute atomic E-state index is 0.0510. The predicted molar refractivity (Wildman–Crippen MR) is 95.3 cm³/mol. The van der Waals surface area contributed by atoms with Crippen molar-refractivity contribution in [1.29, 1.82) is 0 Å². The summed E-state index contributed by atoms with van der Waals surface area (Å²) in [6.45, 7) is 2.59. The number of para-hydroxylation sites is 1. The molecule has 1 heterocycles. The van der Waals surface area contributed by atoms with Gasteiger partial charge in [0.15, 0.2) is 0 Å². The number of morpholine rings is 1. The van der Waals surface area contributed by atoms with Gasteiger partial charge in [0.1, 0.15) is 12.4 Å². The van der Waals surface area contributed by atoms with Crippen molar-refractivity contribution in [2.45, 2.75) is 6.61 Å². The van der Waals surface area contributed by atoms with Crippen LogP contribution >= 0.6 is 0 Å². The quantitative estimate of drug-likeness (QED) is 0.771. The highest BCUT2D eigenvalue weighted by atomic mass is 16.5. The average molecular weight is 355 g/mol. The molecule has 0 bridgehead atoms. The Morgan fingerprint density at radius 3 is 2.42 bits per heavy atom. The summed E-state index contributed by atoms with van der Waals surface area (Å²) in [7, 11) is 1.35. The Kier molecular flexibility index (Phi) is 5.86. The Hall–Kier alpha value is -2.86. The molecule has 0 aromatic heterocycles. The number of hydrogen-bond acceptors (Lipinski definition) is 5. The lowest BCUT2D eigenvalue weighted by Crippen LogP contribution is -2.40. The van der Waals surface area contributed by atoms with Crippen molar-refractivity contribution < 1.29 is 23.8 Å². The molecule has 1 aliphatic heterocycles. The highest BCUT2D eigenvalue weighted by Gasteiger charge is 2.21. The van der Waals surface area contributed by atoms with Crippen molar-refractivity contribution in [2.24, 2.45) is 0 Å². The average Bonchev–Trinajstić information content (AvgIpc) is 2.72. The van der Waals surface area contributed by atoms with Crippen LogP contribution in [0.15, 0.2) is 48.5 Å². The van der Waals surface area contributed by atoms with Crippen LogP contribution in [0.2, 0.25) is 0 Å². The molecule has 0 atom stereocenters. The molecule has 2 aromatic rings. The zero-order valence-electron chi connectivity index (χ0n) is 14.6. The van der Waals surface area contributed by atoms with Gasteiger partial charge in [0.05, 0.1) is 31.5 Å². The van der Waals surface area contributed by atoms with E-state index in [-0.39, 0.29) is 11.9 Å². The molecule has 0 unspecified atom stereocenters. The number of esters is 1. The molecule has 0 spiro atoms. The zero-order valence-corrected chi connectivity index (χ0v) is 14.6. The third-order valence-corrected chi connectivity index (χ3v) is 4.19. The number of carbonyl (C=O) groups excluding carboxylic acids is 2. The Labute approximate surface area is 152 Å². The minimum atomic E-state index is -0.376. The van der Waals surface area contributed by atoms with Crippen LogP contribution in [0.5, 0.6) is 5.75 Å². The lowest BCUT2D eigenvalue weighted by Gasteiger charge is -2.27. The SMILES string of the molecule is COC(=O)c1ccc(COc2ccccc2C(=O)N2CCOCC2)cc1. The highest BCUT2D eigenvalue weighted by Crippen LogP contribution is 2.22. The molecule has 0 N–H and O–H groups in total. The number of methoxy groups -OCH3 is 1. The van der Waals surface area contributed by atoms with E-state index in [0.717, 1.165) is 5.56 Å². The summed E-state index contributed by atoms with van der Waals surface area (Å²) in [4.78, 5) is 26.0. The first-order chi connectivity index (χ1) is 12.7. The van der Waals surface area contributed by atoms with Gasteiger partial charge in [-0.1, -0.05) is 24.3 Å². The third-order valence-electron chi connectivity index (χ3n) is 4.19. The smallest absolute Gasteiger partial charge is 0.337 e. The Bertz CT molecular complexity index is 766. The third kappa shape index (κ3) is 4.21. The van der Waals surface area contributed by atoms with E-state index in [0.29, 0.717) is 49.8 Å². The standard InChI is InChI=1S/C20H21NO5/c1-24-20(23)16-8-6-15(7-9-16)14-26-18-5-3-2-4-17(18)19(22)21-10-12-25-13-11-21/h2-9H,10-14H2,1H3. The highest BCUT2D eigenvalue weighted by molar-refractivity contribution is 5.97. The van der Waals surface area contributed by atoms with Crippen molar-refractivity contribution in [3.05, 3.63) is 65.2 Å². The maximum absolute atomic E-state index is 12.7. The molecule has 0 saturated carbocycles. The summed E-state index contributed by atoms with van der Waals surface area (Å²) < 4.78 is 15.8. The number of amides is 1. The van der Waals surface area contributed by atoms with E-state index in [1.54, 1.807) is 41.3 Å². The summed E-state index contributed by atoms with van der Waals surface area (Å²) in [5, 5.41) is 0. The summed E-state index contributed by atoms with van der Waals surface area (Å²) in [5.41, 5.74) is 1.92. The molecule has 6 heteroatoms. The van der Waals surface area contributed by atoms with Gasteiger partial charge in [-0.05, 0) is 29.8 Å². The maximum Gasteiger partial charge on any atom is 0.337 e. The van der Waals surface area contributed by atoms with E-state index in [4.69, 9.17) is 9.47 Å². The topological polar surface area (TPSA) is 65.1 Å². The number of ether oxygens (including phenoxy) is 3. The second-order valence-electron chi connectivity index (χ2n) is 5.88. The molecule has 1 amide bonds. The molecule has 6 nitrogen and oxygen atoms in total. The number of rotatable bonds is 5. The molecule has 1 fully saturated rings. The largest absolute Gasteiger partial charge is 0.488 e. The predicted octanol–water partition coefficient (Wildman–Crippen LogP) is 2.52. The van der Waals surface area contributed by atoms with E-state index in [1.807, 2.05) is 12.1 Å². The van der Waals surface area contributed by atoms with Gasteiger partial charge in [0, 0.05) is 13.1 Å². The van der Waals surface area contributed by atoms with E-state index in [2.05, 4.69) is 4.74 Å². The van der Waals surface area contributed by atoms with Gasteiger partial charge < -0.3 is 19.1 Å². The van der Waals surface area contributed by atoms with Crippen molar-refractivity contribution in [3.8, 4) is 5.75 Å². The summed E-state index contributed by atoms with van der Waals surface area (Å²) >= 11 is 0. The first kappa shape index (κ1) is 17.9. The van der Waals surface area contributed by atoms with Gasteiger partial charge in [-0.25, -0.2) is 4.79 Å². The lowest BCUT2D eigenvalue weighted by atomic mass is 10.1. The molecule has 3 rings (SSSR count). The van der Waals surface area contributed by atoms with Gasteiger partial charge in [-0.15, -0.1) is 0 Å². The Balaban J connectivity index is 1.68. The fourth-order valence-corrected chi connectivity index (χ4v) is 2.72. The monoisotopic (exact) mass is 355 g/mol. The van der Waals surface area contributed by atoms with Crippen molar-refractivity contribution in [3.63, 3.8) is 0 Å². The number of nitrogens with zero attached hydrogens (tertiary/aromatic N) is 1. The fraction of sp³-hybridized carbons (Fsp3) is 0.300. The van der Waals surface area contributed by atoms with Crippen LogP contribution in [-0.2, 0) is 16.1 Å². The van der Waals surface area contributed by atoms with Crippen molar-refractivity contribution >= 4 is 11.9 Å². The molecule has 136 valence electrons. The van der Waals surface area contributed by atoms with E-state index < -0.39 is 0 Å². The van der Waals surface area contributed by atoms with Crippen LogP contribution in [0.3, 0.4) is 0 Å². The molecule has 2 aromatic carbocycles. The second kappa shape index (κ2) is 8.49. The summed E-state index contributed by atoms with van der Waals surface area (Å²) in [6.07, 6.45) is 0. The first-order valence-corrected chi connectivity index (χ1v) is 8.45. The van der Waals surface area contributed by atoms with Crippen LogP contribution in [0.1, 0.15) is 26.3 Å². The number of benzene rings is 2. The Morgan fingerprint density at radius 2 is 1.73 bits per heavy atom. The van der Waals surface area contributed by atoms with Crippen LogP contribution in [0.4, 0.5) is 0 Å². The molecule has 0 aliphatic carbocycles. The molecule has 1 saturated heterocycles. The van der Waals surface area contributed by atoms with E-state index in [1.165, 1.54) is 7.11 Å². The van der Waals surface area contributed by atoms with Gasteiger partial charge in [-0.3, -0.25) is 4.79 Å². The summed E-state index contributed by atoms with van der Waals surface area (Å²) in [5.74, 6) is 0.116. The van der Waals surface area contributed by atoms with Crippen molar-refractivity contribution in [2.75, 3.05) is 33.4 Å². The molecule has 1 aliphatic rings. The minimum Gasteiger partial charge on any atom is -0.488 e. The maximum atomic E-state index is 12.7. The first-order valence-electron chi connectivity index (χ1n) is 8.45. The van der Waals surface area contributed by atoms with Gasteiger partial charge in [0.25, 0.3) is 5.91 Å². The molecule has 0 radical (unpaired) electrons. The molecular weight excluding hydrogens is 334 g/mol.